The topological polar surface area (TPSA) is 49.4 Å². The van der Waals surface area contributed by atoms with Crippen LogP contribution in [-0.2, 0) is 9.84 Å². The fourth-order valence-corrected chi connectivity index (χ4v) is 3.66. The molecule has 0 aromatic heterocycles. The van der Waals surface area contributed by atoms with Crippen LogP contribution in [0.15, 0.2) is 29.2 Å². The van der Waals surface area contributed by atoms with Gasteiger partial charge in [0.2, 0.25) is 0 Å². The van der Waals surface area contributed by atoms with E-state index in [2.05, 4.69) is 17.1 Å². The van der Waals surface area contributed by atoms with E-state index in [1.54, 1.807) is 19.1 Å². The van der Waals surface area contributed by atoms with Crippen molar-refractivity contribution >= 4 is 15.5 Å². The molecular formula is C16H26N2O2S. The molecule has 1 fully saturated rings. The Morgan fingerprint density at radius 1 is 1.14 bits per heavy atom. The van der Waals surface area contributed by atoms with Crippen molar-refractivity contribution in [3.63, 3.8) is 0 Å². The molecule has 0 aliphatic carbocycles. The van der Waals surface area contributed by atoms with Crippen molar-refractivity contribution in [1.29, 1.82) is 0 Å². The number of sulfone groups is 1. The van der Waals surface area contributed by atoms with E-state index in [4.69, 9.17) is 0 Å². The molecule has 0 spiro atoms. The zero-order valence-electron chi connectivity index (χ0n) is 13.0. The summed E-state index contributed by atoms with van der Waals surface area (Å²) in [6, 6.07) is 7.35. The first-order chi connectivity index (χ1) is 10.1. The van der Waals surface area contributed by atoms with E-state index in [9.17, 15) is 8.42 Å². The second kappa shape index (κ2) is 7.27. The van der Waals surface area contributed by atoms with Crippen molar-refractivity contribution in [2.75, 3.05) is 36.8 Å². The highest BCUT2D eigenvalue weighted by Crippen LogP contribution is 2.24. The quantitative estimate of drug-likeness (QED) is 0.876. The van der Waals surface area contributed by atoms with Crippen LogP contribution in [0.2, 0.25) is 0 Å². The molecule has 2 rings (SSSR count). The predicted octanol–water partition coefficient (Wildman–Crippen LogP) is 2.31. The third-order valence-electron chi connectivity index (χ3n) is 4.24. The Morgan fingerprint density at radius 3 is 2.29 bits per heavy atom. The van der Waals surface area contributed by atoms with Gasteiger partial charge in [-0.3, -0.25) is 0 Å². The van der Waals surface area contributed by atoms with Gasteiger partial charge in [-0.05, 0) is 56.1 Å². The van der Waals surface area contributed by atoms with Gasteiger partial charge in [0.05, 0.1) is 10.6 Å². The molecule has 1 aromatic rings. The highest BCUT2D eigenvalue weighted by Gasteiger charge is 2.19. The number of rotatable bonds is 6. The largest absolute Gasteiger partial charge is 0.372 e. The Kier molecular flexibility index (Phi) is 5.65. The summed E-state index contributed by atoms with van der Waals surface area (Å²) in [5, 5.41) is 3.42. The molecule has 1 aromatic carbocycles. The fourth-order valence-electron chi connectivity index (χ4n) is 2.77. The van der Waals surface area contributed by atoms with Crippen LogP contribution in [0.5, 0.6) is 0 Å². The minimum absolute atomic E-state index is 0.155. The third-order valence-corrected chi connectivity index (χ3v) is 5.99. The highest BCUT2D eigenvalue weighted by molar-refractivity contribution is 7.91. The SMILES string of the molecule is CCNCC1CCN(c2ccc(S(=O)(=O)CC)cc2)CC1. The van der Waals surface area contributed by atoms with E-state index in [0.717, 1.165) is 37.8 Å². The molecule has 0 amide bonds. The summed E-state index contributed by atoms with van der Waals surface area (Å²) < 4.78 is 23.6. The number of nitrogens with zero attached hydrogens (tertiary/aromatic N) is 1. The Bertz CT molecular complexity index is 532. The summed E-state index contributed by atoms with van der Waals surface area (Å²) in [6.07, 6.45) is 2.39. The normalized spacial score (nSPS) is 17.1. The molecule has 4 nitrogen and oxygen atoms in total. The lowest BCUT2D eigenvalue weighted by Crippen LogP contribution is -2.37. The summed E-state index contributed by atoms with van der Waals surface area (Å²) in [7, 11) is -3.09. The van der Waals surface area contributed by atoms with Crippen molar-refractivity contribution in [2.45, 2.75) is 31.6 Å². The third kappa shape index (κ3) is 4.20. The summed E-state index contributed by atoms with van der Waals surface area (Å²) in [4.78, 5) is 2.78. The number of benzene rings is 1. The average molecular weight is 310 g/mol. The fraction of sp³-hybridized carbons (Fsp3) is 0.625. The molecule has 118 valence electrons. The summed E-state index contributed by atoms with van der Waals surface area (Å²) in [6.45, 7) is 8.07. The lowest BCUT2D eigenvalue weighted by Gasteiger charge is -2.33. The Hall–Kier alpha value is -1.07. The van der Waals surface area contributed by atoms with Crippen LogP contribution in [0.1, 0.15) is 26.7 Å². The summed E-state index contributed by atoms with van der Waals surface area (Å²) in [5.41, 5.74) is 1.13. The Morgan fingerprint density at radius 2 is 1.76 bits per heavy atom. The van der Waals surface area contributed by atoms with Crippen molar-refractivity contribution in [1.82, 2.24) is 5.32 Å². The maximum absolute atomic E-state index is 11.8. The second-order valence-corrected chi connectivity index (χ2v) is 7.91. The monoisotopic (exact) mass is 310 g/mol. The molecule has 1 aliphatic heterocycles. The van der Waals surface area contributed by atoms with Crippen LogP contribution in [0.25, 0.3) is 0 Å². The molecule has 0 radical (unpaired) electrons. The Labute approximate surface area is 128 Å². The van der Waals surface area contributed by atoms with Gasteiger partial charge in [0, 0.05) is 18.8 Å². The van der Waals surface area contributed by atoms with Gasteiger partial charge < -0.3 is 10.2 Å². The lowest BCUT2D eigenvalue weighted by atomic mass is 9.96. The zero-order chi connectivity index (χ0) is 15.3. The number of hydrogen-bond donors (Lipinski definition) is 1. The van der Waals surface area contributed by atoms with E-state index in [0.29, 0.717) is 4.90 Å². The predicted molar refractivity (Wildman–Crippen MR) is 87.6 cm³/mol. The lowest BCUT2D eigenvalue weighted by molar-refractivity contribution is 0.386. The molecule has 21 heavy (non-hydrogen) atoms. The van der Waals surface area contributed by atoms with Crippen molar-refractivity contribution in [2.24, 2.45) is 5.92 Å². The van der Waals surface area contributed by atoms with Gasteiger partial charge in [-0.15, -0.1) is 0 Å². The van der Waals surface area contributed by atoms with Gasteiger partial charge in [-0.1, -0.05) is 13.8 Å². The first-order valence-electron chi connectivity index (χ1n) is 7.85. The van der Waals surface area contributed by atoms with E-state index in [1.807, 2.05) is 12.1 Å². The maximum atomic E-state index is 11.8. The number of nitrogens with one attached hydrogen (secondary N) is 1. The first-order valence-corrected chi connectivity index (χ1v) is 9.50. The van der Waals surface area contributed by atoms with Crippen LogP contribution in [0.4, 0.5) is 5.69 Å². The number of anilines is 1. The standard InChI is InChI=1S/C16H26N2O2S/c1-3-17-13-14-9-11-18(12-10-14)15-5-7-16(8-6-15)21(19,20)4-2/h5-8,14,17H,3-4,9-13H2,1-2H3. The molecule has 1 saturated heterocycles. The zero-order valence-corrected chi connectivity index (χ0v) is 13.8. The highest BCUT2D eigenvalue weighted by atomic mass is 32.2. The van der Waals surface area contributed by atoms with Gasteiger partial charge in [0.25, 0.3) is 0 Å². The minimum atomic E-state index is -3.09. The summed E-state index contributed by atoms with van der Waals surface area (Å²) in [5.74, 6) is 0.920. The average Bonchev–Trinajstić information content (AvgIpc) is 2.53. The van der Waals surface area contributed by atoms with Crippen molar-refractivity contribution in [3.05, 3.63) is 24.3 Å². The molecule has 5 heteroatoms. The van der Waals surface area contributed by atoms with E-state index >= 15 is 0 Å². The van der Waals surface area contributed by atoms with Gasteiger partial charge in [0.1, 0.15) is 0 Å². The molecule has 1 heterocycles. The molecule has 0 bridgehead atoms. The second-order valence-electron chi connectivity index (χ2n) is 5.64. The minimum Gasteiger partial charge on any atom is -0.372 e. The smallest absolute Gasteiger partial charge is 0.178 e. The van der Waals surface area contributed by atoms with Crippen LogP contribution in [0, 0.1) is 5.92 Å². The number of hydrogen-bond acceptors (Lipinski definition) is 4. The van der Waals surface area contributed by atoms with Gasteiger partial charge >= 0.3 is 0 Å². The van der Waals surface area contributed by atoms with Crippen molar-refractivity contribution in [3.8, 4) is 0 Å². The molecule has 0 saturated carbocycles. The van der Waals surface area contributed by atoms with Gasteiger partial charge in [-0.25, -0.2) is 8.42 Å². The van der Waals surface area contributed by atoms with Gasteiger partial charge in [-0.2, -0.15) is 0 Å². The van der Waals surface area contributed by atoms with Crippen molar-refractivity contribution < 1.29 is 8.42 Å². The Balaban J connectivity index is 1.95. The molecule has 0 unspecified atom stereocenters. The van der Waals surface area contributed by atoms with Crippen LogP contribution >= 0.6 is 0 Å². The van der Waals surface area contributed by atoms with Crippen LogP contribution < -0.4 is 10.2 Å². The van der Waals surface area contributed by atoms with E-state index < -0.39 is 9.84 Å². The number of piperidine rings is 1. The summed E-state index contributed by atoms with van der Waals surface area (Å²) >= 11 is 0. The molecule has 1 N–H and O–H groups in total. The molecule has 0 atom stereocenters. The van der Waals surface area contributed by atoms with Crippen LogP contribution in [0.3, 0.4) is 0 Å². The molecular weight excluding hydrogens is 284 g/mol. The van der Waals surface area contributed by atoms with E-state index in [1.165, 1.54) is 12.8 Å². The van der Waals surface area contributed by atoms with Crippen LogP contribution in [-0.4, -0.2) is 40.3 Å². The first kappa shape index (κ1) is 16.3. The maximum Gasteiger partial charge on any atom is 0.178 e. The molecule has 1 aliphatic rings. The van der Waals surface area contributed by atoms with Gasteiger partial charge in [0.15, 0.2) is 9.84 Å². The van der Waals surface area contributed by atoms with E-state index in [-0.39, 0.29) is 5.75 Å².